The molecule has 5 rings (SSSR count). The van der Waals surface area contributed by atoms with Crippen LogP contribution in [0.5, 0.6) is 0 Å². The number of benzene rings is 1. The van der Waals surface area contributed by atoms with Gasteiger partial charge in [-0.25, -0.2) is 4.79 Å². The number of hydrogen-bond acceptors (Lipinski definition) is 4. The van der Waals surface area contributed by atoms with Crippen molar-refractivity contribution in [3.8, 4) is 0 Å². The minimum atomic E-state index is -0.291. The number of para-hydroxylation sites is 1. The number of carbonyl (C=O) groups is 2. The molecule has 0 saturated carbocycles. The van der Waals surface area contributed by atoms with Crippen molar-refractivity contribution in [1.29, 1.82) is 0 Å². The van der Waals surface area contributed by atoms with E-state index in [-0.39, 0.29) is 35.9 Å². The lowest BCUT2D eigenvalue weighted by atomic mass is 9.83. The lowest BCUT2D eigenvalue weighted by molar-refractivity contribution is 0.0949. The molecule has 3 amide bonds. The summed E-state index contributed by atoms with van der Waals surface area (Å²) in [6, 6.07) is 15.6. The van der Waals surface area contributed by atoms with Crippen LogP contribution in [-0.4, -0.2) is 34.5 Å². The monoisotopic (exact) mass is 432 g/mol. The van der Waals surface area contributed by atoms with Gasteiger partial charge in [0.15, 0.2) is 0 Å². The van der Waals surface area contributed by atoms with Gasteiger partial charge in [0.05, 0.1) is 24.1 Å². The second-order valence-electron chi connectivity index (χ2n) is 8.34. The second kappa shape index (κ2) is 8.37. The smallest absolute Gasteiger partial charge is 0.321 e. The molecule has 3 aromatic rings. The fraction of sp³-hybridized carbons (Fsp3) is 0.292. The molecular weight excluding hydrogens is 408 g/mol. The summed E-state index contributed by atoms with van der Waals surface area (Å²) in [4.78, 5) is 39.8. The van der Waals surface area contributed by atoms with E-state index in [4.69, 9.17) is 4.42 Å². The van der Waals surface area contributed by atoms with Gasteiger partial charge in [-0.2, -0.15) is 0 Å². The highest BCUT2D eigenvalue weighted by Gasteiger charge is 2.36. The highest BCUT2D eigenvalue weighted by Crippen LogP contribution is 2.35. The van der Waals surface area contributed by atoms with Gasteiger partial charge in [-0.05, 0) is 42.7 Å². The lowest BCUT2D eigenvalue weighted by Crippen LogP contribution is -2.50. The van der Waals surface area contributed by atoms with Crippen molar-refractivity contribution < 1.29 is 14.0 Å². The summed E-state index contributed by atoms with van der Waals surface area (Å²) in [6.07, 6.45) is 2.53. The van der Waals surface area contributed by atoms with Gasteiger partial charge in [0, 0.05) is 37.3 Å². The number of hydrogen-bond donors (Lipinski definition) is 2. The molecule has 8 nitrogen and oxygen atoms in total. The number of fused-ring (bicyclic) bond motifs is 4. The molecule has 0 aliphatic carbocycles. The number of urea groups is 1. The summed E-state index contributed by atoms with van der Waals surface area (Å²) >= 11 is 0. The van der Waals surface area contributed by atoms with Crippen molar-refractivity contribution in [1.82, 2.24) is 14.8 Å². The molecule has 1 aromatic carbocycles. The number of amides is 3. The number of aromatic nitrogens is 1. The van der Waals surface area contributed by atoms with Crippen LogP contribution in [0.3, 0.4) is 0 Å². The van der Waals surface area contributed by atoms with Crippen molar-refractivity contribution in [2.75, 3.05) is 18.4 Å². The zero-order valence-electron chi connectivity index (χ0n) is 17.5. The number of nitrogens with zero attached hydrogens (tertiary/aromatic N) is 2. The third-order valence-electron chi connectivity index (χ3n) is 6.18. The van der Waals surface area contributed by atoms with E-state index in [0.717, 1.165) is 12.1 Å². The molecule has 1 saturated heterocycles. The lowest BCUT2D eigenvalue weighted by Gasteiger charge is -2.42. The summed E-state index contributed by atoms with van der Waals surface area (Å²) < 4.78 is 7.09. The number of likely N-dealkylation sites (tertiary alicyclic amines) is 1. The Morgan fingerprint density at radius 1 is 1.00 bits per heavy atom. The molecule has 164 valence electrons. The van der Waals surface area contributed by atoms with Crippen LogP contribution in [0.15, 0.2) is 70.1 Å². The van der Waals surface area contributed by atoms with Gasteiger partial charge in [0.25, 0.3) is 11.5 Å². The van der Waals surface area contributed by atoms with Crippen LogP contribution >= 0.6 is 0 Å². The molecule has 2 N–H and O–H groups in total. The van der Waals surface area contributed by atoms with E-state index >= 15 is 0 Å². The molecular formula is C24H24N4O4. The van der Waals surface area contributed by atoms with Crippen LogP contribution in [0.25, 0.3) is 0 Å². The van der Waals surface area contributed by atoms with Crippen LogP contribution in [0.1, 0.15) is 34.2 Å². The van der Waals surface area contributed by atoms with Crippen molar-refractivity contribution in [2.24, 2.45) is 5.92 Å². The Kier molecular flexibility index (Phi) is 5.26. The van der Waals surface area contributed by atoms with Gasteiger partial charge in [-0.15, -0.1) is 0 Å². The number of nitrogens with one attached hydrogen (secondary N) is 2. The summed E-state index contributed by atoms with van der Waals surface area (Å²) in [7, 11) is 0. The van der Waals surface area contributed by atoms with Crippen LogP contribution < -0.4 is 16.2 Å². The Labute approximate surface area is 184 Å². The Balaban J connectivity index is 1.29. The zero-order chi connectivity index (χ0) is 22.1. The number of rotatable bonds is 4. The fourth-order valence-electron chi connectivity index (χ4n) is 4.72. The van der Waals surface area contributed by atoms with E-state index in [9.17, 15) is 14.4 Å². The molecule has 2 aliphatic rings. The van der Waals surface area contributed by atoms with E-state index in [2.05, 4.69) is 10.6 Å². The minimum Gasteiger partial charge on any atom is -0.467 e. The Hall–Kier alpha value is -3.81. The topological polar surface area (TPSA) is 96.6 Å². The maximum absolute atomic E-state index is 13.1. The predicted octanol–water partition coefficient (Wildman–Crippen LogP) is 3.02. The zero-order valence-corrected chi connectivity index (χ0v) is 17.5. The molecule has 0 spiro atoms. The van der Waals surface area contributed by atoms with Crippen molar-refractivity contribution in [3.05, 3.63) is 88.2 Å². The second-order valence-corrected chi connectivity index (χ2v) is 8.34. The van der Waals surface area contributed by atoms with Gasteiger partial charge >= 0.3 is 6.03 Å². The maximum Gasteiger partial charge on any atom is 0.321 e. The summed E-state index contributed by atoms with van der Waals surface area (Å²) in [6.45, 7) is 2.01. The van der Waals surface area contributed by atoms with Crippen LogP contribution in [-0.2, 0) is 13.1 Å². The highest BCUT2D eigenvalue weighted by molar-refractivity contribution is 6.03. The first-order valence-corrected chi connectivity index (χ1v) is 10.7. The van der Waals surface area contributed by atoms with E-state index < -0.39 is 0 Å². The summed E-state index contributed by atoms with van der Waals surface area (Å²) in [5.74, 6) is 0.730. The quantitative estimate of drug-likeness (QED) is 0.662. The van der Waals surface area contributed by atoms with Crippen LogP contribution in [0.4, 0.5) is 10.5 Å². The van der Waals surface area contributed by atoms with E-state index in [1.165, 1.54) is 0 Å². The molecule has 2 bridgehead atoms. The van der Waals surface area contributed by atoms with Gasteiger partial charge in [0.2, 0.25) is 0 Å². The SMILES string of the molecule is O=C(NCc1ccco1)c1ccccc1NC(=O)N1C[C@H]2C[C@@H](C1)c1cccc(=O)n1C2. The Bertz CT molecular complexity index is 1200. The molecule has 0 unspecified atom stereocenters. The van der Waals surface area contributed by atoms with Crippen molar-refractivity contribution >= 4 is 17.6 Å². The first kappa shape index (κ1) is 20.1. The van der Waals surface area contributed by atoms with Gasteiger partial charge in [-0.3, -0.25) is 9.59 Å². The number of furan rings is 1. The average Bonchev–Trinajstić information content (AvgIpc) is 3.32. The molecule has 0 radical (unpaired) electrons. The Morgan fingerprint density at radius 3 is 2.72 bits per heavy atom. The van der Waals surface area contributed by atoms with E-state index in [1.54, 1.807) is 59.7 Å². The van der Waals surface area contributed by atoms with Gasteiger partial charge in [-0.1, -0.05) is 18.2 Å². The third-order valence-corrected chi connectivity index (χ3v) is 6.18. The number of piperidine rings is 1. The predicted molar refractivity (Wildman–Crippen MR) is 118 cm³/mol. The average molecular weight is 432 g/mol. The maximum atomic E-state index is 13.1. The van der Waals surface area contributed by atoms with E-state index in [1.807, 2.05) is 10.6 Å². The standard InChI is InChI=1S/C24H24N4O4/c29-22-9-3-8-21-17-11-16(14-28(21)22)13-27(15-17)24(31)26-20-7-2-1-6-19(20)23(30)25-12-18-5-4-10-32-18/h1-10,16-17H,11-15H2,(H,25,30)(H,26,31)/t16-,17+/m1/s1. The van der Waals surface area contributed by atoms with Gasteiger partial charge in [0.1, 0.15) is 5.76 Å². The summed E-state index contributed by atoms with van der Waals surface area (Å²) in [5, 5.41) is 5.73. The molecule has 32 heavy (non-hydrogen) atoms. The first-order valence-electron chi connectivity index (χ1n) is 10.7. The largest absolute Gasteiger partial charge is 0.467 e. The molecule has 2 atom stereocenters. The highest BCUT2D eigenvalue weighted by atomic mass is 16.3. The van der Waals surface area contributed by atoms with Crippen molar-refractivity contribution in [3.63, 3.8) is 0 Å². The molecule has 2 aliphatic heterocycles. The van der Waals surface area contributed by atoms with E-state index in [0.29, 0.717) is 36.6 Å². The first-order chi connectivity index (χ1) is 15.6. The molecule has 2 aromatic heterocycles. The Morgan fingerprint density at radius 2 is 1.88 bits per heavy atom. The van der Waals surface area contributed by atoms with Crippen molar-refractivity contribution in [2.45, 2.75) is 25.4 Å². The van der Waals surface area contributed by atoms with Crippen LogP contribution in [0, 0.1) is 5.92 Å². The molecule has 4 heterocycles. The minimum absolute atomic E-state index is 0.0181. The number of anilines is 1. The molecule has 1 fully saturated rings. The normalized spacial score (nSPS) is 19.2. The van der Waals surface area contributed by atoms with Crippen LogP contribution in [0.2, 0.25) is 0 Å². The number of pyridine rings is 1. The fourth-order valence-corrected chi connectivity index (χ4v) is 4.72. The summed E-state index contributed by atoms with van der Waals surface area (Å²) in [5.41, 5.74) is 1.86. The number of carbonyl (C=O) groups excluding carboxylic acids is 2. The molecule has 8 heteroatoms. The third kappa shape index (κ3) is 3.91. The van der Waals surface area contributed by atoms with Gasteiger partial charge < -0.3 is 24.5 Å².